The van der Waals surface area contributed by atoms with Crippen LogP contribution in [-0.4, -0.2) is 39.0 Å². The molecule has 3 heterocycles. The zero-order valence-electron chi connectivity index (χ0n) is 10.7. The van der Waals surface area contributed by atoms with Crippen molar-refractivity contribution >= 4 is 5.52 Å². The van der Waals surface area contributed by atoms with E-state index < -0.39 is 0 Å². The molecular weight excluding hydrogens is 226 g/mol. The molecule has 1 saturated heterocycles. The van der Waals surface area contributed by atoms with E-state index in [1.165, 1.54) is 25.8 Å². The van der Waals surface area contributed by atoms with Gasteiger partial charge in [-0.3, -0.25) is 4.40 Å². The molecule has 1 unspecified atom stereocenters. The number of likely N-dealkylation sites (N-methyl/N-ethyl adjacent to an activating group) is 1. The minimum absolute atomic E-state index is 0.291. The topological polar surface area (TPSA) is 40.8 Å². The molecule has 0 aromatic carbocycles. The third kappa shape index (κ3) is 2.08. The van der Waals surface area contributed by atoms with E-state index >= 15 is 0 Å². The van der Waals surface area contributed by atoms with E-state index in [1.54, 1.807) is 12.3 Å². The number of pyridine rings is 1. The molecule has 2 aromatic rings. The van der Waals surface area contributed by atoms with Crippen molar-refractivity contribution < 1.29 is 5.11 Å². The fourth-order valence-corrected chi connectivity index (χ4v) is 2.80. The highest BCUT2D eigenvalue weighted by Crippen LogP contribution is 2.20. The number of hydrogen-bond donors (Lipinski definition) is 1. The first-order chi connectivity index (χ1) is 8.74. The number of rotatable bonds is 2. The molecule has 1 atom stereocenters. The minimum Gasteiger partial charge on any atom is -0.506 e. The van der Waals surface area contributed by atoms with Crippen LogP contribution in [0.4, 0.5) is 0 Å². The highest BCUT2D eigenvalue weighted by molar-refractivity contribution is 5.48. The Kier molecular flexibility index (Phi) is 2.96. The number of aromatic nitrogens is 2. The van der Waals surface area contributed by atoms with E-state index in [0.717, 1.165) is 17.8 Å². The van der Waals surface area contributed by atoms with Gasteiger partial charge in [0.15, 0.2) is 0 Å². The van der Waals surface area contributed by atoms with E-state index in [1.807, 2.05) is 16.7 Å². The fraction of sp³-hybridized carbons (Fsp3) is 0.500. The van der Waals surface area contributed by atoms with Gasteiger partial charge < -0.3 is 10.0 Å². The summed E-state index contributed by atoms with van der Waals surface area (Å²) < 4.78 is 2.00. The van der Waals surface area contributed by atoms with Crippen molar-refractivity contribution in [2.24, 2.45) is 0 Å². The Morgan fingerprint density at radius 2 is 2.28 bits per heavy atom. The van der Waals surface area contributed by atoms with Crippen molar-refractivity contribution in [3.63, 3.8) is 0 Å². The molecule has 4 heteroatoms. The molecule has 0 radical (unpaired) electrons. The van der Waals surface area contributed by atoms with Crippen molar-refractivity contribution in [2.45, 2.75) is 31.7 Å². The number of hydrogen-bond acceptors (Lipinski definition) is 3. The van der Waals surface area contributed by atoms with Gasteiger partial charge in [-0.1, -0.05) is 6.42 Å². The smallest absolute Gasteiger partial charge is 0.132 e. The Morgan fingerprint density at radius 1 is 1.39 bits per heavy atom. The quantitative estimate of drug-likeness (QED) is 0.880. The van der Waals surface area contributed by atoms with Gasteiger partial charge in [0.1, 0.15) is 11.6 Å². The van der Waals surface area contributed by atoms with E-state index in [-0.39, 0.29) is 0 Å². The SMILES string of the molecule is CN1CCCCC1Cc1ncc2ccc(O)cn12. The van der Waals surface area contributed by atoms with Crippen molar-refractivity contribution in [3.05, 3.63) is 30.4 Å². The predicted octanol–water partition coefficient (Wildman–Crippen LogP) is 2.07. The first kappa shape index (κ1) is 11.5. The van der Waals surface area contributed by atoms with E-state index in [2.05, 4.69) is 16.9 Å². The predicted molar refractivity (Wildman–Crippen MR) is 70.8 cm³/mol. The number of likely N-dealkylation sites (tertiary alicyclic amines) is 1. The summed E-state index contributed by atoms with van der Waals surface area (Å²) in [5.41, 5.74) is 1.04. The summed E-state index contributed by atoms with van der Waals surface area (Å²) in [7, 11) is 2.19. The van der Waals surface area contributed by atoms with Gasteiger partial charge in [-0.15, -0.1) is 0 Å². The molecular formula is C14H19N3O. The second-order valence-corrected chi connectivity index (χ2v) is 5.19. The third-order valence-corrected chi connectivity index (χ3v) is 3.93. The molecule has 3 rings (SSSR count). The van der Waals surface area contributed by atoms with Gasteiger partial charge in [-0.05, 0) is 38.6 Å². The number of aromatic hydroxyl groups is 1. The van der Waals surface area contributed by atoms with Crippen molar-refractivity contribution in [1.29, 1.82) is 0 Å². The van der Waals surface area contributed by atoms with Crippen LogP contribution in [0.25, 0.3) is 5.52 Å². The Morgan fingerprint density at radius 3 is 3.11 bits per heavy atom. The van der Waals surface area contributed by atoms with Gasteiger partial charge in [0.05, 0.1) is 17.9 Å². The molecule has 0 amide bonds. The molecule has 0 spiro atoms. The Hall–Kier alpha value is -1.55. The van der Waals surface area contributed by atoms with Crippen molar-refractivity contribution in [3.8, 4) is 5.75 Å². The second-order valence-electron chi connectivity index (χ2n) is 5.19. The molecule has 18 heavy (non-hydrogen) atoms. The zero-order chi connectivity index (χ0) is 12.5. The molecule has 1 N–H and O–H groups in total. The van der Waals surface area contributed by atoms with Gasteiger partial charge >= 0.3 is 0 Å². The molecule has 4 nitrogen and oxygen atoms in total. The van der Waals surface area contributed by atoms with Gasteiger partial charge in [-0.25, -0.2) is 4.98 Å². The van der Waals surface area contributed by atoms with Crippen LogP contribution in [0.2, 0.25) is 0 Å². The standard InChI is InChI=1S/C14H19N3O/c1-16-7-3-2-4-11(16)8-14-15-9-12-5-6-13(18)10-17(12)14/h5-6,9-11,18H,2-4,7-8H2,1H3. The Balaban J connectivity index is 1.87. The third-order valence-electron chi connectivity index (χ3n) is 3.93. The second kappa shape index (κ2) is 4.61. The highest BCUT2D eigenvalue weighted by Gasteiger charge is 2.20. The molecule has 2 aromatic heterocycles. The first-order valence-electron chi connectivity index (χ1n) is 6.59. The van der Waals surface area contributed by atoms with Crippen LogP contribution >= 0.6 is 0 Å². The molecule has 96 valence electrons. The van der Waals surface area contributed by atoms with E-state index in [9.17, 15) is 5.11 Å². The maximum absolute atomic E-state index is 9.57. The number of nitrogens with zero attached hydrogens (tertiary/aromatic N) is 3. The summed E-state index contributed by atoms with van der Waals surface area (Å²) in [6, 6.07) is 4.18. The Bertz CT molecular complexity index is 549. The summed E-state index contributed by atoms with van der Waals surface area (Å²) in [6.45, 7) is 1.18. The van der Waals surface area contributed by atoms with Gasteiger partial charge in [0, 0.05) is 12.5 Å². The molecule has 0 aliphatic carbocycles. The molecule has 0 bridgehead atoms. The van der Waals surface area contributed by atoms with Crippen LogP contribution in [0.3, 0.4) is 0 Å². The largest absolute Gasteiger partial charge is 0.506 e. The lowest BCUT2D eigenvalue weighted by molar-refractivity contribution is 0.182. The number of fused-ring (bicyclic) bond motifs is 1. The summed E-state index contributed by atoms with van der Waals surface area (Å²) in [5, 5.41) is 9.57. The summed E-state index contributed by atoms with van der Waals surface area (Å²) >= 11 is 0. The van der Waals surface area contributed by atoms with E-state index in [0.29, 0.717) is 11.8 Å². The maximum Gasteiger partial charge on any atom is 0.132 e. The van der Waals surface area contributed by atoms with Crippen LogP contribution < -0.4 is 0 Å². The lowest BCUT2D eigenvalue weighted by Crippen LogP contribution is -2.38. The summed E-state index contributed by atoms with van der Waals surface area (Å²) in [4.78, 5) is 6.91. The van der Waals surface area contributed by atoms with E-state index in [4.69, 9.17) is 0 Å². The van der Waals surface area contributed by atoms with Crippen LogP contribution in [0.5, 0.6) is 5.75 Å². The van der Waals surface area contributed by atoms with Gasteiger partial charge in [-0.2, -0.15) is 0 Å². The molecule has 1 aliphatic heterocycles. The average Bonchev–Trinajstić information content (AvgIpc) is 2.75. The first-order valence-corrected chi connectivity index (χ1v) is 6.59. The van der Waals surface area contributed by atoms with Crippen LogP contribution in [0, 0.1) is 0 Å². The van der Waals surface area contributed by atoms with Gasteiger partial charge in [0.2, 0.25) is 0 Å². The molecule has 1 fully saturated rings. The lowest BCUT2D eigenvalue weighted by Gasteiger charge is -2.32. The van der Waals surface area contributed by atoms with Crippen LogP contribution in [0.1, 0.15) is 25.1 Å². The molecule has 0 saturated carbocycles. The van der Waals surface area contributed by atoms with Crippen LogP contribution in [0.15, 0.2) is 24.5 Å². The number of piperidine rings is 1. The summed E-state index contributed by atoms with van der Waals surface area (Å²) in [6.07, 6.45) is 8.43. The number of imidazole rings is 1. The monoisotopic (exact) mass is 245 g/mol. The summed E-state index contributed by atoms with van der Waals surface area (Å²) in [5.74, 6) is 1.33. The minimum atomic E-state index is 0.291. The normalized spacial score (nSPS) is 21.5. The van der Waals surface area contributed by atoms with Gasteiger partial charge in [0.25, 0.3) is 0 Å². The Labute approximate surface area is 107 Å². The fourth-order valence-electron chi connectivity index (χ4n) is 2.80. The molecule has 1 aliphatic rings. The lowest BCUT2D eigenvalue weighted by atomic mass is 10.00. The van der Waals surface area contributed by atoms with Crippen molar-refractivity contribution in [2.75, 3.05) is 13.6 Å². The highest BCUT2D eigenvalue weighted by atomic mass is 16.3. The van der Waals surface area contributed by atoms with Crippen LogP contribution in [-0.2, 0) is 6.42 Å². The maximum atomic E-state index is 9.57. The average molecular weight is 245 g/mol. The zero-order valence-corrected chi connectivity index (χ0v) is 10.7. The van der Waals surface area contributed by atoms with Crippen molar-refractivity contribution in [1.82, 2.24) is 14.3 Å².